The van der Waals surface area contributed by atoms with Gasteiger partial charge in [-0.25, -0.2) is 0 Å². The zero-order chi connectivity index (χ0) is 14.7. The summed E-state index contributed by atoms with van der Waals surface area (Å²) in [4.78, 5) is 0. The van der Waals surface area contributed by atoms with Crippen LogP contribution in [-0.4, -0.2) is 11.3 Å². The number of rotatable bonds is 4. The van der Waals surface area contributed by atoms with Crippen LogP contribution in [0.1, 0.15) is 33.3 Å². The Morgan fingerprint density at radius 1 is 0.700 bits per heavy atom. The maximum Gasteiger partial charge on any atom is -0.0104 e. The van der Waals surface area contributed by atoms with Gasteiger partial charge in [-0.05, 0) is 40.2 Å². The molecule has 0 fully saturated rings. The van der Waals surface area contributed by atoms with Gasteiger partial charge >= 0.3 is 0 Å². The van der Waals surface area contributed by atoms with E-state index in [9.17, 15) is 0 Å². The fourth-order valence-corrected chi connectivity index (χ4v) is 5.99. The molecule has 2 aromatic rings. The second-order valence-electron chi connectivity index (χ2n) is 5.93. The van der Waals surface area contributed by atoms with Crippen LogP contribution >= 0.6 is 7.92 Å². The highest BCUT2D eigenvalue weighted by Crippen LogP contribution is 2.47. The van der Waals surface area contributed by atoms with Crippen molar-refractivity contribution in [2.45, 2.75) is 45.9 Å². The molecule has 2 rings (SSSR count). The first kappa shape index (κ1) is 15.3. The fourth-order valence-electron chi connectivity index (χ4n) is 2.95. The van der Waals surface area contributed by atoms with Gasteiger partial charge in [-0.1, -0.05) is 84.1 Å². The second-order valence-corrected chi connectivity index (χ2v) is 9.29. The highest BCUT2D eigenvalue weighted by molar-refractivity contribution is 7.67. The Bertz CT molecular complexity index is 561. The molecule has 0 aliphatic carbocycles. The molecule has 0 unspecified atom stereocenters. The van der Waals surface area contributed by atoms with Crippen LogP contribution in [0.5, 0.6) is 0 Å². The molecule has 0 amide bonds. The Hall–Kier alpha value is -1.13. The number of hydrogen-bond acceptors (Lipinski definition) is 0. The minimum Gasteiger partial charge on any atom is -0.0694 e. The van der Waals surface area contributed by atoms with Crippen LogP contribution in [0.15, 0.2) is 48.5 Å². The summed E-state index contributed by atoms with van der Waals surface area (Å²) < 4.78 is 0. The van der Waals surface area contributed by atoms with Crippen molar-refractivity contribution in [3.63, 3.8) is 0 Å². The van der Waals surface area contributed by atoms with Crippen LogP contribution in [0, 0.1) is 6.92 Å². The Labute approximate surface area is 125 Å². The van der Waals surface area contributed by atoms with Crippen LogP contribution in [0.3, 0.4) is 0 Å². The largest absolute Gasteiger partial charge is 0.0694 e. The predicted octanol–water partition coefficient (Wildman–Crippen LogP) is 5.59. The average Bonchev–Trinajstić information content (AvgIpc) is 2.39. The molecule has 106 valence electrons. The zero-order valence-electron chi connectivity index (χ0n) is 13.2. The van der Waals surface area contributed by atoms with Gasteiger partial charge in [-0.15, -0.1) is 0 Å². The summed E-state index contributed by atoms with van der Waals surface area (Å²) in [5.74, 6) is 0. The minimum absolute atomic E-state index is 0.131. The molecule has 1 heteroatoms. The van der Waals surface area contributed by atoms with Gasteiger partial charge in [-0.3, -0.25) is 0 Å². The third kappa shape index (κ3) is 3.13. The van der Waals surface area contributed by atoms with Crippen LogP contribution < -0.4 is 5.30 Å². The van der Waals surface area contributed by atoms with E-state index in [0.29, 0.717) is 0 Å². The van der Waals surface area contributed by atoms with Gasteiger partial charge in [0.2, 0.25) is 0 Å². The Morgan fingerprint density at radius 3 is 1.75 bits per heavy atom. The van der Waals surface area contributed by atoms with E-state index in [2.05, 4.69) is 83.1 Å². The summed E-state index contributed by atoms with van der Waals surface area (Å²) in [6.45, 7) is 11.7. The molecule has 0 heterocycles. The molecule has 20 heavy (non-hydrogen) atoms. The van der Waals surface area contributed by atoms with Crippen molar-refractivity contribution >= 4 is 13.2 Å². The molecule has 0 N–H and O–H groups in total. The van der Waals surface area contributed by atoms with Gasteiger partial charge in [0.25, 0.3) is 0 Å². The number of aryl methyl sites for hydroxylation is 1. The van der Waals surface area contributed by atoms with Gasteiger partial charge in [-0.2, -0.15) is 0 Å². The molecule has 0 saturated heterocycles. The van der Waals surface area contributed by atoms with Crippen molar-refractivity contribution in [1.82, 2.24) is 0 Å². The summed E-state index contributed by atoms with van der Waals surface area (Å²) in [7, 11) is -0.131. The van der Waals surface area contributed by atoms with E-state index in [-0.39, 0.29) is 7.92 Å². The van der Waals surface area contributed by atoms with Crippen molar-refractivity contribution in [3.8, 4) is 11.1 Å². The molecule has 0 spiro atoms. The Balaban J connectivity index is 2.59. The smallest absolute Gasteiger partial charge is 0.0104 e. The molecular weight excluding hydrogens is 259 g/mol. The maximum absolute atomic E-state index is 2.36. The summed E-state index contributed by atoms with van der Waals surface area (Å²) in [5.41, 5.74) is 5.61. The Morgan fingerprint density at radius 2 is 1.20 bits per heavy atom. The van der Waals surface area contributed by atoms with Gasteiger partial charge in [0.05, 0.1) is 0 Å². The highest BCUT2D eigenvalue weighted by atomic mass is 31.1. The van der Waals surface area contributed by atoms with E-state index in [1.165, 1.54) is 16.7 Å². The first-order chi connectivity index (χ1) is 9.52. The second kappa shape index (κ2) is 6.55. The van der Waals surface area contributed by atoms with E-state index >= 15 is 0 Å². The Kier molecular flexibility index (Phi) is 5.00. The summed E-state index contributed by atoms with van der Waals surface area (Å²) in [5, 5.41) is 1.56. The van der Waals surface area contributed by atoms with Gasteiger partial charge in [0, 0.05) is 0 Å². The van der Waals surface area contributed by atoms with Gasteiger partial charge in [0.15, 0.2) is 0 Å². The maximum atomic E-state index is 2.36. The van der Waals surface area contributed by atoms with E-state index < -0.39 is 0 Å². The van der Waals surface area contributed by atoms with Crippen LogP contribution in [0.25, 0.3) is 11.1 Å². The average molecular weight is 284 g/mol. The lowest BCUT2D eigenvalue weighted by atomic mass is 10.0. The lowest BCUT2D eigenvalue weighted by Crippen LogP contribution is -2.17. The lowest BCUT2D eigenvalue weighted by molar-refractivity contribution is 1.02. The van der Waals surface area contributed by atoms with E-state index in [1.54, 1.807) is 5.30 Å². The summed E-state index contributed by atoms with van der Waals surface area (Å²) >= 11 is 0. The van der Waals surface area contributed by atoms with Gasteiger partial charge < -0.3 is 0 Å². The van der Waals surface area contributed by atoms with Crippen LogP contribution in [0.2, 0.25) is 0 Å². The van der Waals surface area contributed by atoms with Crippen LogP contribution in [0.4, 0.5) is 0 Å². The SMILES string of the molecule is Cc1ccccc1-c1ccccc1P(C(C)C)C(C)C. The third-order valence-corrected chi connectivity index (χ3v) is 6.90. The molecule has 0 bridgehead atoms. The van der Waals surface area contributed by atoms with Crippen molar-refractivity contribution in [2.75, 3.05) is 0 Å². The van der Waals surface area contributed by atoms with Crippen molar-refractivity contribution in [1.29, 1.82) is 0 Å². The topological polar surface area (TPSA) is 0 Å². The summed E-state index contributed by atoms with van der Waals surface area (Å²) in [6, 6.07) is 17.7. The molecule has 0 atom stereocenters. The monoisotopic (exact) mass is 284 g/mol. The first-order valence-corrected chi connectivity index (χ1v) is 8.93. The standard InChI is InChI=1S/C19H25P/c1-14(2)20(15(3)4)19-13-9-8-12-18(19)17-11-7-6-10-16(17)5/h6-15H,1-5H3. The molecule has 0 aromatic heterocycles. The molecule has 0 saturated carbocycles. The lowest BCUT2D eigenvalue weighted by Gasteiger charge is -2.28. The molecule has 2 aromatic carbocycles. The minimum atomic E-state index is -0.131. The molecule has 0 aliphatic heterocycles. The summed E-state index contributed by atoms with van der Waals surface area (Å²) in [6.07, 6.45) is 0. The van der Waals surface area contributed by atoms with E-state index in [4.69, 9.17) is 0 Å². The van der Waals surface area contributed by atoms with Crippen molar-refractivity contribution in [3.05, 3.63) is 54.1 Å². The quantitative estimate of drug-likeness (QED) is 0.642. The molecule has 0 aliphatic rings. The van der Waals surface area contributed by atoms with Gasteiger partial charge in [0.1, 0.15) is 0 Å². The predicted molar refractivity (Wildman–Crippen MR) is 93.4 cm³/mol. The van der Waals surface area contributed by atoms with Crippen molar-refractivity contribution in [2.24, 2.45) is 0 Å². The van der Waals surface area contributed by atoms with Crippen molar-refractivity contribution < 1.29 is 0 Å². The molecule has 0 nitrogen and oxygen atoms in total. The number of benzene rings is 2. The van der Waals surface area contributed by atoms with Crippen LogP contribution in [-0.2, 0) is 0 Å². The van der Waals surface area contributed by atoms with E-state index in [1.807, 2.05) is 0 Å². The molecular formula is C19H25P. The fraction of sp³-hybridized carbons (Fsp3) is 0.368. The zero-order valence-corrected chi connectivity index (χ0v) is 14.1. The number of hydrogen-bond donors (Lipinski definition) is 0. The first-order valence-electron chi connectivity index (χ1n) is 7.45. The highest BCUT2D eigenvalue weighted by Gasteiger charge is 2.22. The van der Waals surface area contributed by atoms with E-state index in [0.717, 1.165) is 11.3 Å². The third-order valence-electron chi connectivity index (χ3n) is 3.73. The normalized spacial score (nSPS) is 11.6. The molecule has 0 radical (unpaired) electrons.